The van der Waals surface area contributed by atoms with Gasteiger partial charge in [0.15, 0.2) is 11.0 Å². The zero-order valence-electron chi connectivity index (χ0n) is 14.0. The third kappa shape index (κ3) is 5.00. The van der Waals surface area contributed by atoms with Crippen LogP contribution in [0.3, 0.4) is 0 Å². The van der Waals surface area contributed by atoms with Gasteiger partial charge in [-0.1, -0.05) is 41.6 Å². The highest BCUT2D eigenvalue weighted by Crippen LogP contribution is 2.24. The first-order valence-electron chi connectivity index (χ1n) is 7.81. The van der Waals surface area contributed by atoms with Crippen molar-refractivity contribution in [2.45, 2.75) is 18.3 Å². The average Bonchev–Trinajstić information content (AvgIpc) is 3.28. The number of rotatable bonds is 8. The van der Waals surface area contributed by atoms with Crippen LogP contribution in [0.15, 0.2) is 46.9 Å². The van der Waals surface area contributed by atoms with Gasteiger partial charge in [0.2, 0.25) is 5.91 Å². The molecule has 3 aromatic rings. The molecule has 0 aliphatic rings. The van der Waals surface area contributed by atoms with E-state index in [1.54, 1.807) is 23.5 Å². The van der Waals surface area contributed by atoms with Crippen LogP contribution in [-0.4, -0.2) is 26.4 Å². The minimum absolute atomic E-state index is 0.0414. The highest BCUT2D eigenvalue weighted by Gasteiger charge is 2.12. The molecule has 0 unspecified atom stereocenters. The topological polar surface area (TPSA) is 69.0 Å². The zero-order chi connectivity index (χ0) is 18.4. The molecule has 0 saturated heterocycles. The van der Waals surface area contributed by atoms with Crippen LogP contribution in [0.2, 0.25) is 5.02 Å². The van der Waals surface area contributed by atoms with E-state index in [0.717, 1.165) is 4.88 Å². The molecule has 2 aromatic heterocycles. The molecule has 6 nitrogen and oxygen atoms in total. The number of carbonyl (C=O) groups excluding carboxylic acids is 1. The third-order valence-corrected chi connectivity index (χ3v) is 5.70. The Morgan fingerprint density at radius 3 is 2.92 bits per heavy atom. The first kappa shape index (κ1) is 18.8. The fourth-order valence-corrected chi connectivity index (χ4v) is 3.68. The highest BCUT2D eigenvalue weighted by atomic mass is 35.5. The van der Waals surface area contributed by atoms with E-state index < -0.39 is 0 Å². The van der Waals surface area contributed by atoms with Crippen molar-refractivity contribution in [1.82, 2.24) is 20.1 Å². The lowest BCUT2D eigenvalue weighted by atomic mass is 10.3. The summed E-state index contributed by atoms with van der Waals surface area (Å²) in [4.78, 5) is 13.1. The average molecular weight is 409 g/mol. The Morgan fingerprint density at radius 2 is 2.15 bits per heavy atom. The molecule has 1 aromatic carbocycles. The lowest BCUT2D eigenvalue weighted by molar-refractivity contribution is -0.118. The molecule has 9 heteroatoms. The van der Waals surface area contributed by atoms with Gasteiger partial charge in [-0.3, -0.25) is 4.79 Å². The van der Waals surface area contributed by atoms with Gasteiger partial charge in [0.1, 0.15) is 12.4 Å². The maximum atomic E-state index is 12.0. The Bertz CT molecular complexity index is 868. The van der Waals surface area contributed by atoms with E-state index in [0.29, 0.717) is 28.3 Å². The van der Waals surface area contributed by atoms with Gasteiger partial charge in [0.25, 0.3) is 0 Å². The number of thioether (sulfide) groups is 1. The molecular formula is C17H17ClN4O2S2. The molecule has 0 fully saturated rings. The minimum Gasteiger partial charge on any atom is -0.484 e. The highest BCUT2D eigenvalue weighted by molar-refractivity contribution is 7.99. The summed E-state index contributed by atoms with van der Waals surface area (Å²) in [7, 11) is 1.84. The summed E-state index contributed by atoms with van der Waals surface area (Å²) in [5.74, 6) is 1.49. The van der Waals surface area contributed by atoms with Crippen LogP contribution in [0, 0.1) is 0 Å². The van der Waals surface area contributed by atoms with Crippen molar-refractivity contribution in [1.29, 1.82) is 0 Å². The van der Waals surface area contributed by atoms with E-state index in [9.17, 15) is 4.79 Å². The SMILES string of the molecule is Cn1c(COc2ccccc2Cl)nnc1SCC(=O)NCc1cccs1. The van der Waals surface area contributed by atoms with Gasteiger partial charge in [-0.15, -0.1) is 21.5 Å². The van der Waals surface area contributed by atoms with E-state index in [1.165, 1.54) is 11.8 Å². The summed E-state index contributed by atoms with van der Waals surface area (Å²) in [6, 6.07) is 11.2. The summed E-state index contributed by atoms with van der Waals surface area (Å²) in [5.41, 5.74) is 0. The summed E-state index contributed by atoms with van der Waals surface area (Å²) >= 11 is 9.03. The van der Waals surface area contributed by atoms with Crippen molar-refractivity contribution in [3.8, 4) is 5.75 Å². The first-order valence-corrected chi connectivity index (χ1v) is 10.1. The number of nitrogens with zero attached hydrogens (tertiary/aromatic N) is 3. The number of ether oxygens (including phenoxy) is 1. The zero-order valence-corrected chi connectivity index (χ0v) is 16.4. The summed E-state index contributed by atoms with van der Waals surface area (Å²) in [5, 5.41) is 14.3. The number of thiophene rings is 1. The molecule has 2 heterocycles. The normalized spacial score (nSPS) is 10.7. The van der Waals surface area contributed by atoms with Crippen molar-refractivity contribution in [3.63, 3.8) is 0 Å². The van der Waals surface area contributed by atoms with Crippen molar-refractivity contribution < 1.29 is 9.53 Å². The molecule has 1 N–H and O–H groups in total. The monoisotopic (exact) mass is 408 g/mol. The van der Waals surface area contributed by atoms with Crippen molar-refractivity contribution in [2.75, 3.05) is 5.75 Å². The standard InChI is InChI=1S/C17H17ClN4O2S2/c1-22-15(10-24-14-7-3-2-6-13(14)18)20-21-17(22)26-11-16(23)19-9-12-5-4-8-25-12/h2-8H,9-11H2,1H3,(H,19,23). The van der Waals surface area contributed by atoms with Crippen molar-refractivity contribution in [3.05, 3.63) is 57.5 Å². The summed E-state index contributed by atoms with van der Waals surface area (Å²) in [6.07, 6.45) is 0. The van der Waals surface area contributed by atoms with Crippen molar-refractivity contribution >= 4 is 40.6 Å². The maximum absolute atomic E-state index is 12.0. The Kier molecular flexibility index (Phi) is 6.54. The van der Waals surface area contributed by atoms with E-state index in [1.807, 2.05) is 41.3 Å². The third-order valence-electron chi connectivity index (χ3n) is 3.49. The number of para-hydroxylation sites is 1. The van der Waals surface area contributed by atoms with Crippen LogP contribution in [0.1, 0.15) is 10.7 Å². The van der Waals surface area contributed by atoms with Crippen LogP contribution in [0.5, 0.6) is 5.75 Å². The Balaban J connectivity index is 1.49. The predicted octanol–water partition coefficient (Wildman–Crippen LogP) is 3.52. The quantitative estimate of drug-likeness (QED) is 0.577. The molecule has 0 radical (unpaired) electrons. The van der Waals surface area contributed by atoms with Gasteiger partial charge in [0, 0.05) is 11.9 Å². The first-order chi connectivity index (χ1) is 12.6. The number of carbonyl (C=O) groups is 1. The number of hydrogen-bond acceptors (Lipinski definition) is 6. The second kappa shape index (κ2) is 9.07. The number of benzene rings is 1. The summed E-state index contributed by atoms with van der Waals surface area (Å²) < 4.78 is 7.49. The Hall–Kier alpha value is -2.03. The van der Waals surface area contributed by atoms with Crippen LogP contribution in [0.4, 0.5) is 0 Å². The molecule has 0 aliphatic carbocycles. The lowest BCUT2D eigenvalue weighted by Crippen LogP contribution is -2.24. The van der Waals surface area contributed by atoms with Gasteiger partial charge < -0.3 is 14.6 Å². The Labute approximate surface area is 164 Å². The molecule has 0 aliphatic heterocycles. The van der Waals surface area contributed by atoms with Gasteiger partial charge >= 0.3 is 0 Å². The minimum atomic E-state index is -0.0414. The van der Waals surface area contributed by atoms with E-state index in [-0.39, 0.29) is 18.3 Å². The second-order valence-corrected chi connectivity index (χ2v) is 7.70. The Morgan fingerprint density at radius 1 is 1.31 bits per heavy atom. The molecule has 0 spiro atoms. The van der Waals surface area contributed by atoms with Gasteiger partial charge in [-0.25, -0.2) is 0 Å². The molecule has 0 bridgehead atoms. The fourth-order valence-electron chi connectivity index (χ4n) is 2.08. The van der Waals surface area contributed by atoms with E-state index >= 15 is 0 Å². The molecule has 0 saturated carbocycles. The van der Waals surface area contributed by atoms with Crippen molar-refractivity contribution in [2.24, 2.45) is 7.05 Å². The fraction of sp³-hybridized carbons (Fsp3) is 0.235. The smallest absolute Gasteiger partial charge is 0.230 e. The number of amides is 1. The van der Waals surface area contributed by atoms with E-state index in [4.69, 9.17) is 16.3 Å². The summed E-state index contributed by atoms with van der Waals surface area (Å²) in [6.45, 7) is 0.797. The maximum Gasteiger partial charge on any atom is 0.230 e. The molecule has 3 rings (SSSR count). The van der Waals surface area contributed by atoms with Gasteiger partial charge in [-0.05, 0) is 23.6 Å². The number of halogens is 1. The van der Waals surface area contributed by atoms with Crippen LogP contribution in [-0.2, 0) is 25.0 Å². The van der Waals surface area contributed by atoms with Gasteiger partial charge in [-0.2, -0.15) is 0 Å². The second-order valence-electron chi connectivity index (χ2n) is 5.32. The molecule has 0 atom stereocenters. The predicted molar refractivity (Wildman–Crippen MR) is 104 cm³/mol. The van der Waals surface area contributed by atoms with Gasteiger partial charge in [0.05, 0.1) is 17.3 Å². The lowest BCUT2D eigenvalue weighted by Gasteiger charge is -2.08. The number of nitrogens with one attached hydrogen (secondary N) is 1. The van der Waals surface area contributed by atoms with Crippen LogP contribution in [0.25, 0.3) is 0 Å². The number of aromatic nitrogens is 3. The van der Waals surface area contributed by atoms with Crippen LogP contribution >= 0.6 is 34.7 Å². The van der Waals surface area contributed by atoms with E-state index in [2.05, 4.69) is 15.5 Å². The van der Waals surface area contributed by atoms with Crippen LogP contribution < -0.4 is 10.1 Å². The molecule has 136 valence electrons. The molecular weight excluding hydrogens is 392 g/mol. The number of hydrogen-bond donors (Lipinski definition) is 1. The molecule has 1 amide bonds. The molecule has 26 heavy (non-hydrogen) atoms. The largest absolute Gasteiger partial charge is 0.484 e.